The topological polar surface area (TPSA) is 3.24 Å². The number of rotatable bonds is 7. The predicted octanol–water partition coefficient (Wildman–Crippen LogP) is 5.08. The average molecular weight is 287 g/mol. The third kappa shape index (κ3) is 4.85. The van der Waals surface area contributed by atoms with Crippen molar-refractivity contribution in [2.24, 2.45) is 5.92 Å². The monoisotopic (exact) mass is 287 g/mol. The summed E-state index contributed by atoms with van der Waals surface area (Å²) in [7, 11) is 2.29. The molecule has 21 heavy (non-hydrogen) atoms. The second kappa shape index (κ2) is 7.45. The van der Waals surface area contributed by atoms with Gasteiger partial charge in [-0.3, -0.25) is 0 Å². The van der Waals surface area contributed by atoms with Crippen LogP contribution in [0, 0.1) is 5.92 Å². The van der Waals surface area contributed by atoms with Crippen LogP contribution in [0.3, 0.4) is 0 Å². The zero-order chi connectivity index (χ0) is 15.3. The normalized spacial score (nSPS) is 23.1. The Kier molecular flexibility index (Phi) is 5.87. The lowest BCUT2D eigenvalue weighted by molar-refractivity contribution is 0.178. The SMILES string of the molecule is CC(C)Cc1ccc(CCCC[C@@]2(C)CCCN2C)cc1. The second-order valence-electron chi connectivity index (χ2n) is 7.64. The van der Waals surface area contributed by atoms with E-state index >= 15 is 0 Å². The van der Waals surface area contributed by atoms with Crippen LogP contribution >= 0.6 is 0 Å². The zero-order valence-electron chi connectivity index (χ0n) is 14.5. The van der Waals surface area contributed by atoms with Gasteiger partial charge in [0.1, 0.15) is 0 Å². The van der Waals surface area contributed by atoms with E-state index in [0.717, 1.165) is 5.92 Å². The predicted molar refractivity (Wildman–Crippen MR) is 92.8 cm³/mol. The minimum Gasteiger partial charge on any atom is -0.301 e. The molecule has 0 N–H and O–H groups in total. The summed E-state index contributed by atoms with van der Waals surface area (Å²) in [6, 6.07) is 9.31. The Morgan fingerprint density at radius 3 is 2.33 bits per heavy atom. The molecule has 118 valence electrons. The molecule has 0 unspecified atom stereocenters. The van der Waals surface area contributed by atoms with Gasteiger partial charge in [-0.1, -0.05) is 44.5 Å². The molecule has 1 heterocycles. The van der Waals surface area contributed by atoms with Crippen molar-refractivity contribution < 1.29 is 0 Å². The Morgan fingerprint density at radius 1 is 1.10 bits per heavy atom. The van der Waals surface area contributed by atoms with Gasteiger partial charge in [-0.15, -0.1) is 0 Å². The highest BCUT2D eigenvalue weighted by molar-refractivity contribution is 5.22. The molecule has 0 bridgehead atoms. The van der Waals surface area contributed by atoms with Crippen molar-refractivity contribution in [2.75, 3.05) is 13.6 Å². The van der Waals surface area contributed by atoms with E-state index in [1.165, 1.54) is 62.6 Å². The van der Waals surface area contributed by atoms with Crippen molar-refractivity contribution in [3.8, 4) is 0 Å². The van der Waals surface area contributed by atoms with Crippen LogP contribution in [0.15, 0.2) is 24.3 Å². The van der Waals surface area contributed by atoms with Gasteiger partial charge in [-0.2, -0.15) is 0 Å². The van der Waals surface area contributed by atoms with Crippen LogP contribution in [0.1, 0.15) is 64.0 Å². The van der Waals surface area contributed by atoms with E-state index in [1.807, 2.05) is 0 Å². The van der Waals surface area contributed by atoms with Gasteiger partial charge in [0.25, 0.3) is 0 Å². The minimum absolute atomic E-state index is 0.473. The van der Waals surface area contributed by atoms with Crippen LogP contribution in [-0.4, -0.2) is 24.0 Å². The number of nitrogens with zero attached hydrogens (tertiary/aromatic N) is 1. The van der Waals surface area contributed by atoms with Crippen LogP contribution in [-0.2, 0) is 12.8 Å². The van der Waals surface area contributed by atoms with Crippen molar-refractivity contribution in [3.63, 3.8) is 0 Å². The van der Waals surface area contributed by atoms with Crippen molar-refractivity contribution >= 4 is 0 Å². The molecular formula is C20H33N. The highest BCUT2D eigenvalue weighted by Crippen LogP contribution is 2.32. The summed E-state index contributed by atoms with van der Waals surface area (Å²) in [5.74, 6) is 0.750. The Labute approximate surface area is 131 Å². The molecule has 1 saturated heterocycles. The van der Waals surface area contributed by atoms with Crippen LogP contribution < -0.4 is 0 Å². The third-order valence-corrected chi connectivity index (χ3v) is 5.23. The summed E-state index contributed by atoms with van der Waals surface area (Å²) in [5.41, 5.74) is 3.46. The first-order chi connectivity index (χ1) is 9.99. The average Bonchev–Trinajstić information content (AvgIpc) is 2.76. The van der Waals surface area contributed by atoms with Crippen molar-refractivity contribution in [2.45, 2.75) is 71.3 Å². The number of likely N-dealkylation sites (tertiary alicyclic amines) is 1. The molecule has 2 rings (SSSR count). The maximum atomic E-state index is 2.56. The molecule has 0 aliphatic carbocycles. The zero-order valence-corrected chi connectivity index (χ0v) is 14.5. The molecule has 0 saturated carbocycles. The fourth-order valence-corrected chi connectivity index (χ4v) is 3.62. The van der Waals surface area contributed by atoms with Crippen LogP contribution in [0.25, 0.3) is 0 Å². The van der Waals surface area contributed by atoms with E-state index in [-0.39, 0.29) is 0 Å². The summed E-state index contributed by atoms with van der Waals surface area (Å²) < 4.78 is 0. The Morgan fingerprint density at radius 2 is 1.76 bits per heavy atom. The fourth-order valence-electron chi connectivity index (χ4n) is 3.62. The van der Waals surface area contributed by atoms with Crippen molar-refractivity contribution in [1.82, 2.24) is 4.90 Å². The molecule has 1 aromatic rings. The second-order valence-corrected chi connectivity index (χ2v) is 7.64. The summed E-state index contributed by atoms with van der Waals surface area (Å²) in [4.78, 5) is 2.56. The molecule has 1 aliphatic rings. The summed E-state index contributed by atoms with van der Waals surface area (Å²) in [6.45, 7) is 8.30. The number of benzene rings is 1. The van der Waals surface area contributed by atoms with E-state index in [4.69, 9.17) is 0 Å². The lowest BCUT2D eigenvalue weighted by Gasteiger charge is -2.32. The molecule has 0 amide bonds. The third-order valence-electron chi connectivity index (χ3n) is 5.23. The van der Waals surface area contributed by atoms with Crippen LogP contribution in [0.2, 0.25) is 0 Å². The largest absolute Gasteiger partial charge is 0.301 e. The highest BCUT2D eigenvalue weighted by atomic mass is 15.2. The lowest BCUT2D eigenvalue weighted by atomic mass is 9.91. The van der Waals surface area contributed by atoms with Crippen LogP contribution in [0.5, 0.6) is 0 Å². The molecule has 0 aromatic heterocycles. The fraction of sp³-hybridized carbons (Fsp3) is 0.700. The standard InChI is InChI=1S/C20H33N/c1-17(2)16-19-11-9-18(10-12-19)8-5-6-13-20(3)14-7-15-21(20)4/h9-12,17H,5-8,13-16H2,1-4H3/t20-/m0/s1. The summed E-state index contributed by atoms with van der Waals surface area (Å²) >= 11 is 0. The van der Waals surface area contributed by atoms with E-state index in [9.17, 15) is 0 Å². The van der Waals surface area contributed by atoms with Gasteiger partial charge >= 0.3 is 0 Å². The van der Waals surface area contributed by atoms with Gasteiger partial charge in [0.05, 0.1) is 0 Å². The number of hydrogen-bond donors (Lipinski definition) is 0. The lowest BCUT2D eigenvalue weighted by Crippen LogP contribution is -2.37. The maximum absolute atomic E-state index is 2.56. The van der Waals surface area contributed by atoms with Gasteiger partial charge in [0, 0.05) is 5.54 Å². The van der Waals surface area contributed by atoms with E-state index in [2.05, 4.69) is 57.0 Å². The highest BCUT2D eigenvalue weighted by Gasteiger charge is 2.32. The summed E-state index contributed by atoms with van der Waals surface area (Å²) in [6.07, 6.45) is 9.24. The van der Waals surface area contributed by atoms with Crippen molar-refractivity contribution in [3.05, 3.63) is 35.4 Å². The number of hydrogen-bond acceptors (Lipinski definition) is 1. The minimum atomic E-state index is 0.473. The van der Waals surface area contributed by atoms with E-state index in [1.54, 1.807) is 0 Å². The van der Waals surface area contributed by atoms with Crippen LogP contribution in [0.4, 0.5) is 0 Å². The Bertz CT molecular complexity index is 420. The molecule has 1 nitrogen and oxygen atoms in total. The molecule has 1 aromatic carbocycles. The molecule has 1 heteroatoms. The van der Waals surface area contributed by atoms with E-state index in [0.29, 0.717) is 5.54 Å². The first-order valence-corrected chi connectivity index (χ1v) is 8.79. The maximum Gasteiger partial charge on any atom is 0.0178 e. The van der Waals surface area contributed by atoms with Gasteiger partial charge in [0.15, 0.2) is 0 Å². The van der Waals surface area contributed by atoms with Crippen molar-refractivity contribution in [1.29, 1.82) is 0 Å². The first-order valence-electron chi connectivity index (χ1n) is 8.79. The van der Waals surface area contributed by atoms with Gasteiger partial charge in [-0.05, 0) is 76.1 Å². The van der Waals surface area contributed by atoms with Gasteiger partial charge < -0.3 is 4.90 Å². The molecule has 1 atom stereocenters. The van der Waals surface area contributed by atoms with Gasteiger partial charge in [0.2, 0.25) is 0 Å². The Hall–Kier alpha value is -0.820. The van der Waals surface area contributed by atoms with E-state index < -0.39 is 0 Å². The number of aryl methyl sites for hydroxylation is 1. The smallest absolute Gasteiger partial charge is 0.0178 e. The molecule has 0 radical (unpaired) electrons. The molecule has 1 fully saturated rings. The quantitative estimate of drug-likeness (QED) is 0.632. The molecular weight excluding hydrogens is 254 g/mol. The Balaban J connectivity index is 1.71. The van der Waals surface area contributed by atoms with Gasteiger partial charge in [-0.25, -0.2) is 0 Å². The summed E-state index contributed by atoms with van der Waals surface area (Å²) in [5, 5.41) is 0. The molecule has 0 spiro atoms. The molecule has 1 aliphatic heterocycles. The first kappa shape index (κ1) is 16.5. The number of unbranched alkanes of at least 4 members (excludes halogenated alkanes) is 1.